The number of anilines is 1. The number of carbonyl (C=O) groups excluding carboxylic acids is 2. The lowest BCUT2D eigenvalue weighted by atomic mass is 10.0. The van der Waals surface area contributed by atoms with Crippen LogP contribution < -0.4 is 10.2 Å². The highest BCUT2D eigenvalue weighted by Gasteiger charge is 2.31. The molecule has 0 fully saturated rings. The van der Waals surface area contributed by atoms with E-state index in [0.717, 1.165) is 11.1 Å². The number of amides is 2. The Morgan fingerprint density at radius 3 is 2.41 bits per heavy atom. The number of aromatic nitrogens is 2. The van der Waals surface area contributed by atoms with Crippen LogP contribution in [0.2, 0.25) is 0 Å². The number of carbonyl (C=O) groups is 2. The molecule has 0 saturated carbocycles. The van der Waals surface area contributed by atoms with Crippen molar-refractivity contribution < 1.29 is 19.1 Å². The van der Waals surface area contributed by atoms with Crippen molar-refractivity contribution in [1.82, 2.24) is 15.3 Å². The van der Waals surface area contributed by atoms with Crippen molar-refractivity contribution >= 4 is 23.7 Å². The zero-order valence-corrected chi connectivity index (χ0v) is 20.9. The molecule has 3 rings (SSSR count). The molecule has 2 aromatic heterocycles. The van der Waals surface area contributed by atoms with Gasteiger partial charge in [-0.05, 0) is 71.7 Å². The maximum absolute atomic E-state index is 12.6. The fourth-order valence-electron chi connectivity index (χ4n) is 3.63. The highest BCUT2D eigenvalue weighted by molar-refractivity contribution is 5.97. The van der Waals surface area contributed by atoms with Gasteiger partial charge in [0.05, 0.1) is 0 Å². The van der Waals surface area contributed by atoms with Crippen molar-refractivity contribution in [3.05, 3.63) is 52.5 Å². The summed E-state index contributed by atoms with van der Waals surface area (Å²) in [5, 5.41) is 11.0. The third-order valence-electron chi connectivity index (χ3n) is 4.97. The summed E-state index contributed by atoms with van der Waals surface area (Å²) < 4.78 is 11.2. The van der Waals surface area contributed by atoms with Gasteiger partial charge in [0, 0.05) is 43.0 Å². The van der Waals surface area contributed by atoms with Crippen molar-refractivity contribution in [1.29, 1.82) is 5.41 Å². The smallest absolute Gasteiger partial charge is 0.416 e. The molecule has 0 spiro atoms. The van der Waals surface area contributed by atoms with Gasteiger partial charge in [-0.25, -0.2) is 14.8 Å². The highest BCUT2D eigenvalue weighted by atomic mass is 16.6. The molecule has 0 unspecified atom stereocenters. The molecule has 9 heteroatoms. The number of nitrogens with zero attached hydrogens (tertiary/aromatic N) is 3. The largest absolute Gasteiger partial charge is 0.472 e. The van der Waals surface area contributed by atoms with Crippen molar-refractivity contribution in [3.63, 3.8) is 0 Å². The van der Waals surface area contributed by atoms with Crippen molar-refractivity contribution in [2.75, 3.05) is 18.5 Å². The Bertz CT molecular complexity index is 1120. The van der Waals surface area contributed by atoms with Crippen LogP contribution >= 0.6 is 0 Å². The normalized spacial score (nSPS) is 13.3. The lowest BCUT2D eigenvalue weighted by Crippen LogP contribution is -2.36. The zero-order chi connectivity index (χ0) is 25.3. The van der Waals surface area contributed by atoms with E-state index >= 15 is 0 Å². The van der Waals surface area contributed by atoms with Crippen LogP contribution in [0.4, 0.5) is 10.6 Å². The molecule has 182 valence electrons. The predicted molar refractivity (Wildman–Crippen MR) is 130 cm³/mol. The summed E-state index contributed by atoms with van der Waals surface area (Å²) in [6.45, 7) is 11.6. The molecule has 0 bridgehead atoms. The minimum absolute atomic E-state index is 0.0302. The van der Waals surface area contributed by atoms with E-state index in [4.69, 9.17) is 14.9 Å². The zero-order valence-electron chi connectivity index (χ0n) is 20.9. The van der Waals surface area contributed by atoms with E-state index in [1.165, 1.54) is 7.05 Å². The monoisotopic (exact) mass is 467 g/mol. The predicted octanol–water partition coefficient (Wildman–Crippen LogP) is 3.87. The van der Waals surface area contributed by atoms with Gasteiger partial charge in [-0.1, -0.05) is 0 Å². The summed E-state index contributed by atoms with van der Waals surface area (Å²) in [4.78, 5) is 35.5. The summed E-state index contributed by atoms with van der Waals surface area (Å²) in [7, 11) is 1.54. The van der Waals surface area contributed by atoms with Crippen molar-refractivity contribution in [2.45, 2.75) is 65.6 Å². The van der Waals surface area contributed by atoms with Crippen molar-refractivity contribution in [3.8, 4) is 0 Å². The molecule has 2 N–H and O–H groups in total. The summed E-state index contributed by atoms with van der Waals surface area (Å²) in [5.41, 5.74) is 2.04. The van der Waals surface area contributed by atoms with E-state index in [9.17, 15) is 9.59 Å². The first kappa shape index (κ1) is 25.1. The lowest BCUT2D eigenvalue weighted by molar-refractivity contribution is 0.0582. The maximum Gasteiger partial charge on any atom is 0.416 e. The number of hydrogen-bond acceptors (Lipinski definition) is 7. The van der Waals surface area contributed by atoms with E-state index in [1.54, 1.807) is 23.2 Å². The van der Waals surface area contributed by atoms with Gasteiger partial charge >= 0.3 is 6.09 Å². The molecule has 2 amide bonds. The van der Waals surface area contributed by atoms with E-state index < -0.39 is 17.3 Å². The standard InChI is InChI=1S/C25H33N5O4/c1-24(2,3)33-20(26)16-13-17(29-19(14-16)22(31)27-7)12-15-8-10-28-21-18(15)9-11-30(21)23(32)34-25(4,5)6/h8,10,13-14,26H,9,11-12H2,1-7H3,(H,27,31). The second-order valence-electron chi connectivity index (χ2n) is 10.2. The Morgan fingerprint density at radius 2 is 1.79 bits per heavy atom. The average molecular weight is 468 g/mol. The summed E-state index contributed by atoms with van der Waals surface area (Å²) in [6.07, 6.45) is 2.28. The second kappa shape index (κ2) is 9.40. The van der Waals surface area contributed by atoms with Gasteiger partial charge in [-0.15, -0.1) is 0 Å². The van der Waals surface area contributed by atoms with Gasteiger partial charge in [0.1, 0.15) is 22.7 Å². The molecule has 0 saturated heterocycles. The molecule has 9 nitrogen and oxygen atoms in total. The number of nitrogens with one attached hydrogen (secondary N) is 2. The lowest BCUT2D eigenvalue weighted by Gasteiger charge is -2.24. The SMILES string of the molecule is CNC(=O)c1cc(C(=N)OC(C)(C)C)cc(Cc2ccnc3c2CCN3C(=O)OC(C)(C)C)n1. The molecule has 1 aliphatic heterocycles. The Labute approximate surface area is 200 Å². The van der Waals surface area contributed by atoms with E-state index in [2.05, 4.69) is 15.3 Å². The molecular formula is C25H33N5O4. The van der Waals surface area contributed by atoms with E-state index in [1.807, 2.05) is 47.6 Å². The number of hydrogen-bond donors (Lipinski definition) is 2. The topological polar surface area (TPSA) is 118 Å². The van der Waals surface area contributed by atoms with Crippen LogP contribution in [0, 0.1) is 5.41 Å². The quantitative estimate of drug-likeness (QED) is 0.521. The summed E-state index contributed by atoms with van der Waals surface area (Å²) >= 11 is 0. The number of pyridine rings is 2. The van der Waals surface area contributed by atoms with E-state index in [-0.39, 0.29) is 17.5 Å². The van der Waals surface area contributed by atoms with Crippen LogP contribution in [0.3, 0.4) is 0 Å². The van der Waals surface area contributed by atoms with E-state index in [0.29, 0.717) is 36.5 Å². The van der Waals surface area contributed by atoms with Gasteiger partial charge in [0.2, 0.25) is 5.90 Å². The maximum atomic E-state index is 12.6. The average Bonchev–Trinajstić information content (AvgIpc) is 3.16. The minimum atomic E-state index is -0.600. The third-order valence-corrected chi connectivity index (χ3v) is 4.97. The fraction of sp³-hybridized carbons (Fsp3) is 0.480. The van der Waals surface area contributed by atoms with Gasteiger partial charge in [0.25, 0.3) is 5.91 Å². The first-order valence-electron chi connectivity index (χ1n) is 11.3. The molecular weight excluding hydrogens is 434 g/mol. The highest BCUT2D eigenvalue weighted by Crippen LogP contribution is 2.31. The minimum Gasteiger partial charge on any atom is -0.472 e. The van der Waals surface area contributed by atoms with Gasteiger partial charge < -0.3 is 14.8 Å². The van der Waals surface area contributed by atoms with Crippen LogP contribution in [-0.4, -0.2) is 52.7 Å². The van der Waals surface area contributed by atoms with Crippen LogP contribution in [0.1, 0.15) is 74.4 Å². The van der Waals surface area contributed by atoms with Gasteiger partial charge in [-0.3, -0.25) is 15.1 Å². The molecule has 0 atom stereocenters. The molecule has 0 aromatic carbocycles. The Balaban J connectivity index is 1.94. The third kappa shape index (κ3) is 6.09. The Kier molecular flexibility index (Phi) is 6.95. The number of ether oxygens (including phenoxy) is 2. The Hall–Kier alpha value is -3.49. The van der Waals surface area contributed by atoms with Crippen LogP contribution in [0.15, 0.2) is 24.4 Å². The summed E-state index contributed by atoms with van der Waals surface area (Å²) in [5.74, 6) is 0.207. The summed E-state index contributed by atoms with van der Waals surface area (Å²) in [6, 6.07) is 5.20. The van der Waals surface area contributed by atoms with Crippen molar-refractivity contribution in [2.24, 2.45) is 0 Å². The molecule has 2 aromatic rings. The van der Waals surface area contributed by atoms with Crippen LogP contribution in [-0.2, 0) is 22.3 Å². The number of rotatable bonds is 4. The van der Waals surface area contributed by atoms with Gasteiger partial charge in [0.15, 0.2) is 0 Å². The molecule has 3 heterocycles. The number of fused-ring (bicyclic) bond motifs is 1. The molecule has 0 radical (unpaired) electrons. The molecule has 34 heavy (non-hydrogen) atoms. The molecule has 1 aliphatic rings. The van der Waals surface area contributed by atoms with Gasteiger partial charge in [-0.2, -0.15) is 0 Å². The molecule has 0 aliphatic carbocycles. The first-order valence-corrected chi connectivity index (χ1v) is 11.3. The fourth-order valence-corrected chi connectivity index (χ4v) is 3.63. The Morgan fingerprint density at radius 1 is 1.12 bits per heavy atom. The van der Waals surface area contributed by atoms with Crippen LogP contribution in [0.5, 0.6) is 0 Å². The first-order chi connectivity index (χ1) is 15.8. The van der Waals surface area contributed by atoms with Crippen LogP contribution in [0.25, 0.3) is 0 Å². The second-order valence-corrected chi connectivity index (χ2v) is 10.2.